The molecule has 5 rings (SSSR count). The maximum absolute atomic E-state index is 4.89. The average molecular weight is 416 g/mol. The molecule has 0 atom stereocenters. The number of H-pyrrole nitrogens is 1. The first-order valence-corrected chi connectivity index (χ1v) is 11.6. The average Bonchev–Trinajstić information content (AvgIpc) is 3.55. The highest BCUT2D eigenvalue weighted by Crippen LogP contribution is 2.30. The van der Waals surface area contributed by atoms with Crippen LogP contribution in [0, 0.1) is 5.92 Å². The fourth-order valence-corrected chi connectivity index (χ4v) is 4.91. The first-order chi connectivity index (χ1) is 14.8. The van der Waals surface area contributed by atoms with E-state index in [0.717, 1.165) is 46.0 Å². The van der Waals surface area contributed by atoms with Gasteiger partial charge in [-0.3, -0.25) is 5.10 Å². The van der Waals surface area contributed by atoms with E-state index in [1.165, 1.54) is 31.2 Å². The zero-order valence-electron chi connectivity index (χ0n) is 16.9. The van der Waals surface area contributed by atoms with Gasteiger partial charge in [0.05, 0.1) is 11.4 Å². The van der Waals surface area contributed by atoms with Crippen molar-refractivity contribution in [2.75, 3.05) is 0 Å². The Morgan fingerprint density at radius 1 is 0.967 bits per heavy atom. The van der Waals surface area contributed by atoms with E-state index >= 15 is 0 Å². The summed E-state index contributed by atoms with van der Waals surface area (Å²) in [6.07, 6.45) is 8.50. The number of aromatic amines is 1. The van der Waals surface area contributed by atoms with Gasteiger partial charge in [-0.2, -0.15) is 5.10 Å². The van der Waals surface area contributed by atoms with Gasteiger partial charge in [0.1, 0.15) is 5.82 Å². The number of nitrogens with zero attached hydrogens (tertiary/aromatic N) is 4. The molecule has 2 aromatic carbocycles. The molecule has 6 heteroatoms. The summed E-state index contributed by atoms with van der Waals surface area (Å²) in [5.74, 6) is 2.56. The van der Waals surface area contributed by atoms with Crippen molar-refractivity contribution in [1.29, 1.82) is 0 Å². The van der Waals surface area contributed by atoms with Gasteiger partial charge in [0, 0.05) is 29.5 Å². The fraction of sp³-hybridized carbons (Fsp3) is 0.292. The Labute approximate surface area is 180 Å². The summed E-state index contributed by atoms with van der Waals surface area (Å²) in [5.41, 5.74) is 4.37. The highest BCUT2D eigenvalue weighted by molar-refractivity contribution is 7.98. The summed E-state index contributed by atoms with van der Waals surface area (Å²) in [6, 6.07) is 20.6. The third-order valence-corrected chi connectivity index (χ3v) is 6.58. The molecule has 152 valence electrons. The van der Waals surface area contributed by atoms with E-state index in [2.05, 4.69) is 52.8 Å². The number of hydrogen-bond donors (Lipinski definition) is 1. The molecule has 30 heavy (non-hydrogen) atoms. The Balaban J connectivity index is 1.35. The Kier molecular flexibility index (Phi) is 5.66. The molecule has 0 radical (unpaired) electrons. The topological polar surface area (TPSA) is 59.4 Å². The molecule has 2 heterocycles. The van der Waals surface area contributed by atoms with Crippen LogP contribution in [0.1, 0.15) is 37.1 Å². The Morgan fingerprint density at radius 3 is 2.47 bits per heavy atom. The molecule has 0 saturated heterocycles. The predicted molar refractivity (Wildman–Crippen MR) is 121 cm³/mol. The van der Waals surface area contributed by atoms with Crippen molar-refractivity contribution < 1.29 is 0 Å². The lowest BCUT2D eigenvalue weighted by Crippen LogP contribution is -2.00. The number of rotatable bonds is 7. The Hall–Kier alpha value is -2.86. The van der Waals surface area contributed by atoms with Crippen molar-refractivity contribution in [2.24, 2.45) is 5.92 Å². The van der Waals surface area contributed by atoms with Gasteiger partial charge >= 0.3 is 0 Å². The van der Waals surface area contributed by atoms with Crippen LogP contribution >= 0.6 is 11.8 Å². The van der Waals surface area contributed by atoms with Gasteiger partial charge in [-0.1, -0.05) is 86.0 Å². The molecule has 1 fully saturated rings. The Bertz CT molecular complexity index is 1080. The number of benzene rings is 2. The summed E-state index contributed by atoms with van der Waals surface area (Å²) >= 11 is 1.66. The van der Waals surface area contributed by atoms with Gasteiger partial charge in [-0.05, 0) is 18.1 Å². The van der Waals surface area contributed by atoms with Gasteiger partial charge in [0.2, 0.25) is 5.16 Å². The van der Waals surface area contributed by atoms with Crippen molar-refractivity contribution in [2.45, 2.75) is 43.0 Å². The zero-order valence-corrected chi connectivity index (χ0v) is 17.7. The molecule has 0 unspecified atom stereocenters. The van der Waals surface area contributed by atoms with Gasteiger partial charge in [-0.15, -0.1) is 5.10 Å². The second kappa shape index (κ2) is 8.88. The maximum Gasteiger partial charge on any atom is 0.208 e. The molecule has 0 bridgehead atoms. The smallest absolute Gasteiger partial charge is 0.208 e. The van der Waals surface area contributed by atoms with Crippen molar-refractivity contribution >= 4 is 11.8 Å². The molecule has 1 N–H and O–H groups in total. The summed E-state index contributed by atoms with van der Waals surface area (Å²) < 4.78 is 1.96. The minimum absolute atomic E-state index is 0.768. The van der Waals surface area contributed by atoms with Crippen molar-refractivity contribution in [3.05, 3.63) is 78.2 Å². The molecule has 1 aliphatic carbocycles. The standard InChI is InChI=1S/C24H25N5S/c1-3-11-19(12-4-1)23-20(16-29(28-23)21-13-5-2-6-14-21)17-30-24-25-22(26-27-24)15-18-9-7-8-10-18/h1-6,11-14,16,18H,7-10,15,17H2,(H,25,26,27). The molecule has 1 aliphatic rings. The minimum atomic E-state index is 0.768. The molecule has 0 aliphatic heterocycles. The first-order valence-electron chi connectivity index (χ1n) is 10.6. The van der Waals surface area contributed by atoms with Crippen LogP contribution in [0.15, 0.2) is 72.0 Å². The van der Waals surface area contributed by atoms with Crippen LogP contribution in [0.5, 0.6) is 0 Å². The van der Waals surface area contributed by atoms with Crippen molar-refractivity contribution in [3.8, 4) is 16.9 Å². The number of thioether (sulfide) groups is 1. The van der Waals surface area contributed by atoms with Crippen LogP contribution in [0.4, 0.5) is 0 Å². The molecule has 2 aromatic heterocycles. The number of aromatic nitrogens is 5. The normalized spacial score (nSPS) is 14.4. The van der Waals surface area contributed by atoms with E-state index in [4.69, 9.17) is 10.1 Å². The van der Waals surface area contributed by atoms with Crippen LogP contribution < -0.4 is 0 Å². The highest BCUT2D eigenvalue weighted by Gasteiger charge is 2.18. The molecular formula is C24H25N5S. The lowest BCUT2D eigenvalue weighted by Gasteiger charge is -2.04. The second-order valence-corrected chi connectivity index (χ2v) is 8.80. The van der Waals surface area contributed by atoms with Crippen LogP contribution in [0.25, 0.3) is 16.9 Å². The van der Waals surface area contributed by atoms with Crippen LogP contribution in [0.2, 0.25) is 0 Å². The Morgan fingerprint density at radius 2 is 1.70 bits per heavy atom. The van der Waals surface area contributed by atoms with Gasteiger partial charge < -0.3 is 0 Å². The third-order valence-electron chi connectivity index (χ3n) is 5.68. The summed E-state index contributed by atoms with van der Waals surface area (Å²) in [5, 5.41) is 13.3. The number of nitrogens with one attached hydrogen (secondary N) is 1. The van der Waals surface area contributed by atoms with Crippen LogP contribution in [-0.4, -0.2) is 25.0 Å². The fourth-order valence-electron chi connectivity index (χ4n) is 4.13. The summed E-state index contributed by atoms with van der Waals surface area (Å²) in [7, 11) is 0. The number of para-hydroxylation sites is 1. The zero-order chi connectivity index (χ0) is 20.2. The van der Waals surface area contributed by atoms with E-state index in [1.807, 2.05) is 28.9 Å². The van der Waals surface area contributed by atoms with E-state index in [9.17, 15) is 0 Å². The first kappa shape index (κ1) is 19.1. The van der Waals surface area contributed by atoms with E-state index in [0.29, 0.717) is 0 Å². The molecular weight excluding hydrogens is 390 g/mol. The lowest BCUT2D eigenvalue weighted by atomic mass is 10.0. The lowest BCUT2D eigenvalue weighted by molar-refractivity contribution is 0.531. The molecule has 4 aromatic rings. The van der Waals surface area contributed by atoms with Crippen molar-refractivity contribution in [1.82, 2.24) is 25.0 Å². The van der Waals surface area contributed by atoms with Gasteiger partial charge in [-0.25, -0.2) is 9.67 Å². The third kappa shape index (κ3) is 4.33. The van der Waals surface area contributed by atoms with Gasteiger partial charge in [0.15, 0.2) is 0 Å². The molecule has 0 spiro atoms. The number of hydrogen-bond acceptors (Lipinski definition) is 4. The van der Waals surface area contributed by atoms with E-state index in [-0.39, 0.29) is 0 Å². The quantitative estimate of drug-likeness (QED) is 0.394. The van der Waals surface area contributed by atoms with E-state index < -0.39 is 0 Å². The maximum atomic E-state index is 4.89. The molecule has 5 nitrogen and oxygen atoms in total. The summed E-state index contributed by atoms with van der Waals surface area (Å²) in [6.45, 7) is 0. The minimum Gasteiger partial charge on any atom is -0.262 e. The molecule has 1 saturated carbocycles. The van der Waals surface area contributed by atoms with Crippen LogP contribution in [-0.2, 0) is 12.2 Å². The van der Waals surface area contributed by atoms with Crippen molar-refractivity contribution in [3.63, 3.8) is 0 Å². The highest BCUT2D eigenvalue weighted by atomic mass is 32.2. The van der Waals surface area contributed by atoms with Gasteiger partial charge in [0.25, 0.3) is 0 Å². The SMILES string of the molecule is c1ccc(-c2nn(-c3ccccc3)cc2CSc2n[nH]c(CC3CCCC3)n2)cc1. The summed E-state index contributed by atoms with van der Waals surface area (Å²) in [4.78, 5) is 4.73. The van der Waals surface area contributed by atoms with Crippen LogP contribution in [0.3, 0.4) is 0 Å². The van der Waals surface area contributed by atoms with E-state index in [1.54, 1.807) is 11.8 Å². The monoisotopic (exact) mass is 415 g/mol. The second-order valence-electron chi connectivity index (χ2n) is 7.86. The molecule has 0 amide bonds. The predicted octanol–water partition coefficient (Wildman–Crippen LogP) is 5.68. The largest absolute Gasteiger partial charge is 0.262 e.